The van der Waals surface area contributed by atoms with Gasteiger partial charge in [-0.1, -0.05) is 48.0 Å². The molecule has 0 unspecified atom stereocenters. The summed E-state index contributed by atoms with van der Waals surface area (Å²) in [7, 11) is 0. The Kier molecular flexibility index (Phi) is 4.57. The molecule has 0 aliphatic carbocycles. The van der Waals surface area contributed by atoms with Crippen LogP contribution in [0.4, 0.5) is 0 Å². The molecular formula is C16H15ClN2. The van der Waals surface area contributed by atoms with E-state index in [0.29, 0.717) is 17.1 Å². The molecule has 96 valence electrons. The van der Waals surface area contributed by atoms with Crippen LogP contribution in [0.5, 0.6) is 0 Å². The number of halogens is 1. The molecule has 0 heterocycles. The van der Waals surface area contributed by atoms with Gasteiger partial charge in [-0.25, -0.2) is 0 Å². The van der Waals surface area contributed by atoms with Gasteiger partial charge in [-0.05, 0) is 30.2 Å². The van der Waals surface area contributed by atoms with Gasteiger partial charge in [-0.3, -0.25) is 0 Å². The van der Waals surface area contributed by atoms with Crippen molar-refractivity contribution in [1.82, 2.24) is 5.32 Å². The van der Waals surface area contributed by atoms with Gasteiger partial charge in [0.2, 0.25) is 0 Å². The molecule has 0 bridgehead atoms. The second-order valence-corrected chi connectivity index (χ2v) is 4.84. The van der Waals surface area contributed by atoms with Crippen LogP contribution in [0, 0.1) is 11.3 Å². The molecule has 0 saturated carbocycles. The summed E-state index contributed by atoms with van der Waals surface area (Å²) in [5, 5.41) is 12.9. The number of rotatable bonds is 4. The minimum Gasteiger partial charge on any atom is -0.306 e. The molecular weight excluding hydrogens is 256 g/mol. The highest BCUT2D eigenvalue weighted by molar-refractivity contribution is 6.31. The van der Waals surface area contributed by atoms with Crippen LogP contribution in [0.2, 0.25) is 5.02 Å². The van der Waals surface area contributed by atoms with Crippen molar-refractivity contribution in [3.63, 3.8) is 0 Å². The maximum atomic E-state index is 8.80. The van der Waals surface area contributed by atoms with Gasteiger partial charge < -0.3 is 5.32 Å². The summed E-state index contributed by atoms with van der Waals surface area (Å²) >= 11 is 6.15. The second-order valence-electron chi connectivity index (χ2n) is 4.43. The lowest BCUT2D eigenvalue weighted by Gasteiger charge is -2.15. The van der Waals surface area contributed by atoms with E-state index in [2.05, 4.69) is 30.4 Å². The molecule has 0 saturated heterocycles. The van der Waals surface area contributed by atoms with Gasteiger partial charge in [0.05, 0.1) is 11.6 Å². The minimum absolute atomic E-state index is 0.257. The van der Waals surface area contributed by atoms with Gasteiger partial charge in [0, 0.05) is 17.6 Å². The molecule has 0 spiro atoms. The zero-order valence-electron chi connectivity index (χ0n) is 10.7. The Morgan fingerprint density at radius 1 is 1.21 bits per heavy atom. The quantitative estimate of drug-likeness (QED) is 0.909. The first-order valence-corrected chi connectivity index (χ1v) is 6.55. The van der Waals surface area contributed by atoms with E-state index in [-0.39, 0.29) is 6.04 Å². The van der Waals surface area contributed by atoms with Gasteiger partial charge in [0.1, 0.15) is 0 Å². The smallest absolute Gasteiger partial charge is 0.0992 e. The fraction of sp³-hybridized carbons (Fsp3) is 0.188. The molecule has 1 atom stereocenters. The Hall–Kier alpha value is -1.82. The average Bonchev–Trinajstić information content (AvgIpc) is 2.46. The summed E-state index contributed by atoms with van der Waals surface area (Å²) in [5.41, 5.74) is 2.83. The monoisotopic (exact) mass is 270 g/mol. The number of benzene rings is 2. The van der Waals surface area contributed by atoms with E-state index in [1.54, 1.807) is 12.1 Å². The van der Waals surface area contributed by atoms with E-state index in [0.717, 1.165) is 5.56 Å². The van der Waals surface area contributed by atoms with Crippen LogP contribution >= 0.6 is 11.6 Å². The van der Waals surface area contributed by atoms with Gasteiger partial charge in [-0.2, -0.15) is 5.26 Å². The summed E-state index contributed by atoms with van der Waals surface area (Å²) in [6, 6.07) is 18.0. The molecule has 2 nitrogen and oxygen atoms in total. The maximum absolute atomic E-state index is 8.80. The number of nitrogens with zero attached hydrogens (tertiary/aromatic N) is 1. The molecule has 0 amide bonds. The van der Waals surface area contributed by atoms with E-state index >= 15 is 0 Å². The van der Waals surface area contributed by atoms with Crippen molar-refractivity contribution in [3.8, 4) is 6.07 Å². The molecule has 2 aromatic carbocycles. The molecule has 3 heteroatoms. The van der Waals surface area contributed by atoms with Crippen LogP contribution in [-0.4, -0.2) is 0 Å². The van der Waals surface area contributed by atoms with Crippen LogP contribution in [0.25, 0.3) is 0 Å². The third-order valence-electron chi connectivity index (χ3n) is 3.08. The molecule has 0 aliphatic rings. The highest BCUT2D eigenvalue weighted by Gasteiger charge is 2.06. The van der Waals surface area contributed by atoms with Crippen molar-refractivity contribution >= 4 is 11.6 Å². The predicted molar refractivity (Wildman–Crippen MR) is 77.9 cm³/mol. The summed E-state index contributed by atoms with van der Waals surface area (Å²) in [6.07, 6.45) is 0. The topological polar surface area (TPSA) is 35.8 Å². The van der Waals surface area contributed by atoms with Gasteiger partial charge in [0.15, 0.2) is 0 Å². The lowest BCUT2D eigenvalue weighted by atomic mass is 10.1. The van der Waals surface area contributed by atoms with Crippen molar-refractivity contribution in [3.05, 3.63) is 70.2 Å². The Morgan fingerprint density at radius 2 is 1.95 bits per heavy atom. The van der Waals surface area contributed by atoms with E-state index in [4.69, 9.17) is 16.9 Å². The standard InChI is InChI=1S/C16H15ClN2/c1-12(14-5-3-2-4-6-14)19-11-15-8-7-13(10-18)9-16(15)17/h2-9,12,19H,11H2,1H3/t12-/m1/s1. The molecule has 0 fully saturated rings. The van der Waals surface area contributed by atoms with E-state index in [9.17, 15) is 0 Å². The minimum atomic E-state index is 0.257. The fourth-order valence-electron chi connectivity index (χ4n) is 1.88. The zero-order chi connectivity index (χ0) is 13.7. The van der Waals surface area contributed by atoms with Crippen molar-refractivity contribution in [2.24, 2.45) is 0 Å². The van der Waals surface area contributed by atoms with Crippen molar-refractivity contribution < 1.29 is 0 Å². The summed E-state index contributed by atoms with van der Waals surface area (Å²) in [6.45, 7) is 2.80. The molecule has 0 radical (unpaired) electrons. The van der Waals surface area contributed by atoms with Gasteiger partial charge in [-0.15, -0.1) is 0 Å². The van der Waals surface area contributed by atoms with Crippen LogP contribution in [0.3, 0.4) is 0 Å². The first kappa shape index (κ1) is 13.6. The lowest BCUT2D eigenvalue weighted by Crippen LogP contribution is -2.18. The van der Waals surface area contributed by atoms with Crippen molar-refractivity contribution in [2.75, 3.05) is 0 Å². The Morgan fingerprint density at radius 3 is 2.58 bits per heavy atom. The lowest BCUT2D eigenvalue weighted by molar-refractivity contribution is 0.575. The summed E-state index contributed by atoms with van der Waals surface area (Å²) < 4.78 is 0. The third kappa shape index (κ3) is 3.57. The number of nitrogens with one attached hydrogen (secondary N) is 1. The van der Waals surface area contributed by atoms with Crippen LogP contribution in [-0.2, 0) is 6.54 Å². The third-order valence-corrected chi connectivity index (χ3v) is 3.43. The fourth-order valence-corrected chi connectivity index (χ4v) is 2.13. The average molecular weight is 271 g/mol. The normalized spacial score (nSPS) is 11.8. The van der Waals surface area contributed by atoms with E-state index in [1.165, 1.54) is 5.56 Å². The molecule has 2 aromatic rings. The van der Waals surface area contributed by atoms with Crippen LogP contribution in [0.1, 0.15) is 29.7 Å². The van der Waals surface area contributed by atoms with Crippen LogP contribution in [0.15, 0.2) is 48.5 Å². The first-order valence-electron chi connectivity index (χ1n) is 6.17. The number of nitriles is 1. The van der Waals surface area contributed by atoms with Crippen LogP contribution < -0.4 is 5.32 Å². The van der Waals surface area contributed by atoms with Crippen molar-refractivity contribution in [2.45, 2.75) is 19.5 Å². The predicted octanol–water partition coefficient (Wildman–Crippen LogP) is 4.06. The largest absolute Gasteiger partial charge is 0.306 e. The van der Waals surface area contributed by atoms with E-state index < -0.39 is 0 Å². The number of hydrogen-bond acceptors (Lipinski definition) is 2. The molecule has 2 rings (SSSR count). The molecule has 1 N–H and O–H groups in total. The molecule has 19 heavy (non-hydrogen) atoms. The van der Waals surface area contributed by atoms with Gasteiger partial charge >= 0.3 is 0 Å². The SMILES string of the molecule is C[C@@H](NCc1ccc(C#N)cc1Cl)c1ccccc1. The van der Waals surface area contributed by atoms with Crippen molar-refractivity contribution in [1.29, 1.82) is 5.26 Å². The number of hydrogen-bond donors (Lipinski definition) is 1. The molecule has 0 aliphatic heterocycles. The maximum Gasteiger partial charge on any atom is 0.0992 e. The van der Waals surface area contributed by atoms with E-state index in [1.807, 2.05) is 24.3 Å². The Balaban J connectivity index is 2.01. The summed E-state index contributed by atoms with van der Waals surface area (Å²) in [4.78, 5) is 0. The first-order chi connectivity index (χ1) is 9.20. The highest BCUT2D eigenvalue weighted by atomic mass is 35.5. The Bertz CT molecular complexity index is 587. The van der Waals surface area contributed by atoms with Gasteiger partial charge in [0.25, 0.3) is 0 Å². The highest BCUT2D eigenvalue weighted by Crippen LogP contribution is 2.19. The zero-order valence-corrected chi connectivity index (χ0v) is 11.5. The Labute approximate surface area is 118 Å². The summed E-state index contributed by atoms with van der Waals surface area (Å²) in [5.74, 6) is 0. The molecule has 0 aromatic heterocycles. The second kappa shape index (κ2) is 6.38.